The maximum absolute atomic E-state index is 13.1. The number of hydrogen-bond acceptors (Lipinski definition) is 15. The van der Waals surface area contributed by atoms with Crippen molar-refractivity contribution in [2.45, 2.75) is 341 Å². The first-order valence-corrected chi connectivity index (χ1v) is 46.0. The second kappa shape index (κ2) is 83.1. The molecule has 19 heteroatoms. The molecule has 0 rings (SSSR count). The SMILES string of the molecule is CC/C=C\C/C=C\C/C=C\C/C=C\C/C=C\C/C=C\CCC(=O)OCC(COP(=O)(O)OCC(O)COP(=O)(O)OCC(COC(=O)CCCCCCCC/C=C\C/C=C\C/C=C\C/C=C\CC)OC(=O)CCCCCCCCCCCCCCCCC)OC(=O)CCCCC/C=C\C/C=C\C/C=C\C/C=C\C/C=C\CC. The highest BCUT2D eigenvalue weighted by atomic mass is 31.2. The summed E-state index contributed by atoms with van der Waals surface area (Å²) in [6.07, 6.45) is 102. The van der Waals surface area contributed by atoms with Crippen LogP contribution < -0.4 is 0 Å². The van der Waals surface area contributed by atoms with Gasteiger partial charge in [0, 0.05) is 25.7 Å². The van der Waals surface area contributed by atoms with Gasteiger partial charge in [-0.15, -0.1) is 0 Å². The molecule has 0 aliphatic carbocycles. The summed E-state index contributed by atoms with van der Waals surface area (Å²) in [5.74, 6) is -2.33. The Morgan fingerprint density at radius 3 is 0.777 bits per heavy atom. The number of carbonyl (C=O) groups is 4. The highest BCUT2D eigenvalue weighted by molar-refractivity contribution is 7.47. The molecule has 0 heterocycles. The molecule has 5 unspecified atom stereocenters. The molecule has 17 nitrogen and oxygen atoms in total. The van der Waals surface area contributed by atoms with Gasteiger partial charge in [-0.25, -0.2) is 9.13 Å². The zero-order valence-corrected chi connectivity index (χ0v) is 71.6. The summed E-state index contributed by atoms with van der Waals surface area (Å²) in [6.45, 7) is 4.42. The molecule has 0 aliphatic rings. The maximum Gasteiger partial charge on any atom is 0.472 e. The van der Waals surface area contributed by atoms with Crippen LogP contribution in [0.5, 0.6) is 0 Å². The van der Waals surface area contributed by atoms with Crippen LogP contribution in [0.2, 0.25) is 0 Å². The van der Waals surface area contributed by atoms with Gasteiger partial charge in [-0.05, 0) is 148 Å². The minimum absolute atomic E-state index is 0.0220. The standard InChI is InChI=1S/C93H152O17P2/c1-5-9-13-17-21-25-29-33-37-40-43-46-50-53-57-61-65-69-73-77-90(95)103-83-88(109-92(97)79-75-71-67-63-59-55-49-36-32-28-24-20-16-12-8-4)85-107-111(99,100)105-81-87(94)82-106-112(101,102)108-86-89(110-93(98)80-76-72-68-64-60-56-52-48-45-42-39-35-31-27-23-19-15-11-7-3)84-104-91(96)78-74-70-66-62-58-54-51-47-44-41-38-34-30-26-22-18-14-10-6-2/h9-11,13-15,21-23,25-27,33-35,37-39,43-48,54,56,58,60,66,70,87-89,94H,5-8,12,16-20,24,28-32,36,40-42,49-53,55,57,59,61-65,67-69,71-86H2,1-4H3,(H,99,100)(H,101,102)/b13-9-,14-10-,15-11-,25-21-,26-22-,27-23-,37-33-,38-34-,39-35-,46-43-,47-44-,48-45-,58-54-,60-56-,70-66-. The Bertz CT molecular complexity index is 2840. The van der Waals surface area contributed by atoms with Crippen molar-refractivity contribution in [2.75, 3.05) is 39.6 Å². The van der Waals surface area contributed by atoms with Gasteiger partial charge in [-0.3, -0.25) is 37.3 Å². The normalized spacial score (nSPS) is 14.7. The van der Waals surface area contributed by atoms with Crippen LogP contribution in [0.15, 0.2) is 182 Å². The number of rotatable bonds is 79. The van der Waals surface area contributed by atoms with Crippen LogP contribution in [0.3, 0.4) is 0 Å². The Morgan fingerprint density at radius 2 is 0.482 bits per heavy atom. The molecule has 0 fully saturated rings. The van der Waals surface area contributed by atoms with E-state index in [2.05, 4.69) is 192 Å². The average Bonchev–Trinajstić information content (AvgIpc) is 0.898. The Labute approximate surface area is 679 Å². The van der Waals surface area contributed by atoms with Crippen LogP contribution in [-0.2, 0) is 65.4 Å². The number of hydrogen-bond donors (Lipinski definition) is 3. The number of ether oxygens (including phenoxy) is 4. The third-order valence-corrected chi connectivity index (χ3v) is 19.3. The van der Waals surface area contributed by atoms with E-state index in [0.29, 0.717) is 32.1 Å². The van der Waals surface area contributed by atoms with E-state index in [1.54, 1.807) is 0 Å². The monoisotopic (exact) mass is 1600 g/mol. The summed E-state index contributed by atoms with van der Waals surface area (Å²) >= 11 is 0. The van der Waals surface area contributed by atoms with E-state index >= 15 is 0 Å². The fraction of sp³-hybridized carbons (Fsp3) is 0.634. The lowest BCUT2D eigenvalue weighted by Crippen LogP contribution is -2.30. The van der Waals surface area contributed by atoms with E-state index in [1.807, 2.05) is 18.2 Å². The largest absolute Gasteiger partial charge is 0.472 e. The summed E-state index contributed by atoms with van der Waals surface area (Å²) in [4.78, 5) is 73.3. The maximum atomic E-state index is 13.1. The average molecular weight is 1600 g/mol. The van der Waals surface area contributed by atoms with Gasteiger partial charge in [0.05, 0.1) is 26.4 Å². The number of phosphoric ester groups is 2. The fourth-order valence-electron chi connectivity index (χ4n) is 11.0. The smallest absolute Gasteiger partial charge is 0.462 e. The number of phosphoric acid groups is 2. The predicted molar refractivity (Wildman–Crippen MR) is 463 cm³/mol. The molecule has 0 bridgehead atoms. The van der Waals surface area contributed by atoms with E-state index < -0.39 is 97.5 Å². The van der Waals surface area contributed by atoms with Crippen molar-refractivity contribution in [3.8, 4) is 0 Å². The summed E-state index contributed by atoms with van der Waals surface area (Å²) in [5.41, 5.74) is 0. The molecule has 0 amide bonds. The highest BCUT2D eigenvalue weighted by Gasteiger charge is 2.30. The van der Waals surface area contributed by atoms with Gasteiger partial charge in [0.25, 0.3) is 0 Å². The van der Waals surface area contributed by atoms with Gasteiger partial charge >= 0.3 is 39.5 Å². The van der Waals surface area contributed by atoms with E-state index in [0.717, 1.165) is 173 Å². The van der Waals surface area contributed by atoms with E-state index in [-0.39, 0.29) is 25.7 Å². The predicted octanol–water partition coefficient (Wildman–Crippen LogP) is 25.9. The van der Waals surface area contributed by atoms with Crippen molar-refractivity contribution in [3.05, 3.63) is 182 Å². The minimum Gasteiger partial charge on any atom is -0.462 e. The summed E-state index contributed by atoms with van der Waals surface area (Å²) in [6, 6.07) is 0. The van der Waals surface area contributed by atoms with Crippen LogP contribution in [0.25, 0.3) is 0 Å². The lowest BCUT2D eigenvalue weighted by molar-refractivity contribution is -0.161. The van der Waals surface area contributed by atoms with E-state index in [4.69, 9.17) is 37.0 Å². The second-order valence-electron chi connectivity index (χ2n) is 28.0. The molecule has 0 saturated carbocycles. The molecule has 0 aliphatic heterocycles. The first-order chi connectivity index (χ1) is 54.7. The number of allylic oxidation sites excluding steroid dienone is 30. The van der Waals surface area contributed by atoms with Crippen molar-refractivity contribution < 1.29 is 80.2 Å². The van der Waals surface area contributed by atoms with Gasteiger partial charge in [0.15, 0.2) is 12.2 Å². The van der Waals surface area contributed by atoms with Gasteiger partial charge in [-0.1, -0.05) is 332 Å². The zero-order chi connectivity index (χ0) is 81.7. The summed E-state index contributed by atoms with van der Waals surface area (Å²) in [7, 11) is -10.0. The van der Waals surface area contributed by atoms with Crippen LogP contribution in [0.1, 0.15) is 323 Å². The fourth-order valence-corrected chi connectivity index (χ4v) is 12.5. The number of aliphatic hydroxyl groups is 1. The van der Waals surface area contributed by atoms with Crippen molar-refractivity contribution in [3.63, 3.8) is 0 Å². The Hall–Kier alpha value is -5.84. The quantitative estimate of drug-likeness (QED) is 0.0169. The number of carbonyl (C=O) groups excluding carboxylic acids is 4. The molecular weight excluding hydrogens is 1450 g/mol. The summed E-state index contributed by atoms with van der Waals surface area (Å²) < 4.78 is 68.7. The van der Waals surface area contributed by atoms with Crippen molar-refractivity contribution in [1.82, 2.24) is 0 Å². The first kappa shape index (κ1) is 106. The Morgan fingerprint density at radius 1 is 0.259 bits per heavy atom. The van der Waals surface area contributed by atoms with E-state index in [1.165, 1.54) is 64.2 Å². The molecule has 3 N–H and O–H groups in total. The zero-order valence-electron chi connectivity index (χ0n) is 69.8. The van der Waals surface area contributed by atoms with Crippen LogP contribution in [0, 0.1) is 0 Å². The Kier molecular flexibility index (Phi) is 78.8. The number of aliphatic hydroxyl groups excluding tert-OH is 1. The molecule has 5 atom stereocenters. The molecule has 112 heavy (non-hydrogen) atoms. The molecular formula is C93H152O17P2. The lowest BCUT2D eigenvalue weighted by Gasteiger charge is -2.21. The molecule has 0 radical (unpaired) electrons. The van der Waals surface area contributed by atoms with E-state index in [9.17, 15) is 43.2 Å². The molecule has 0 saturated heterocycles. The minimum atomic E-state index is -5.02. The summed E-state index contributed by atoms with van der Waals surface area (Å²) in [5, 5.41) is 10.7. The molecule has 0 spiro atoms. The first-order valence-electron chi connectivity index (χ1n) is 43.0. The third-order valence-electron chi connectivity index (χ3n) is 17.4. The second-order valence-corrected chi connectivity index (χ2v) is 30.9. The van der Waals surface area contributed by atoms with Crippen LogP contribution in [-0.4, -0.2) is 96.7 Å². The van der Waals surface area contributed by atoms with Crippen LogP contribution >= 0.6 is 15.6 Å². The Balaban J connectivity index is 5.50. The molecule has 0 aromatic heterocycles. The lowest BCUT2D eigenvalue weighted by atomic mass is 10.0. The number of unbranched alkanes of at least 4 members (excludes halogenated alkanes) is 23. The van der Waals surface area contributed by atoms with Crippen molar-refractivity contribution >= 4 is 39.5 Å². The topological polar surface area (TPSA) is 237 Å². The van der Waals surface area contributed by atoms with Crippen molar-refractivity contribution in [2.24, 2.45) is 0 Å². The van der Waals surface area contributed by atoms with Crippen LogP contribution in [0.4, 0.5) is 0 Å². The van der Waals surface area contributed by atoms with Gasteiger partial charge < -0.3 is 33.8 Å². The number of esters is 4. The molecule has 636 valence electrons. The van der Waals surface area contributed by atoms with Crippen molar-refractivity contribution in [1.29, 1.82) is 0 Å². The molecule has 0 aromatic carbocycles. The van der Waals surface area contributed by atoms with Gasteiger partial charge in [0.2, 0.25) is 0 Å². The highest BCUT2D eigenvalue weighted by Crippen LogP contribution is 2.45. The van der Waals surface area contributed by atoms with Gasteiger partial charge in [0.1, 0.15) is 19.3 Å². The third kappa shape index (κ3) is 82.2. The van der Waals surface area contributed by atoms with Gasteiger partial charge in [-0.2, -0.15) is 0 Å². The molecule has 0 aromatic rings.